The molecule has 19 heavy (non-hydrogen) atoms. The summed E-state index contributed by atoms with van der Waals surface area (Å²) in [5, 5.41) is 0. The maximum absolute atomic E-state index is 6.37. The van der Waals surface area contributed by atoms with Gasteiger partial charge in [0.15, 0.2) is 7.38 Å². The number of rotatable bonds is 4. The summed E-state index contributed by atoms with van der Waals surface area (Å²) >= 11 is 6.37. The second kappa shape index (κ2) is 9.79. The van der Waals surface area contributed by atoms with Gasteiger partial charge in [-0.1, -0.05) is 43.7 Å². The monoisotopic (exact) mass is 409 g/mol. The van der Waals surface area contributed by atoms with Crippen LogP contribution in [0.2, 0.25) is 19.1 Å². The SMILES string of the molecule is C[Si](C)(Cl)CCC1=C(C2=[C-]CC=C2)CC=C1.[Cl-].[Cl-].[Zr+3]. The Balaban J connectivity index is 0. The van der Waals surface area contributed by atoms with Gasteiger partial charge in [-0.25, -0.2) is 0 Å². The first kappa shape index (κ1) is 22.2. The van der Waals surface area contributed by atoms with E-state index in [-0.39, 0.29) is 51.0 Å². The van der Waals surface area contributed by atoms with Crippen LogP contribution in [0.3, 0.4) is 0 Å². The Morgan fingerprint density at radius 2 is 1.89 bits per heavy atom. The second-order valence-electron chi connectivity index (χ2n) is 5.03. The molecule has 2 rings (SSSR count). The summed E-state index contributed by atoms with van der Waals surface area (Å²) in [6.45, 7) is 4.43. The van der Waals surface area contributed by atoms with Crippen molar-refractivity contribution in [3.8, 4) is 0 Å². The molecular weight excluding hydrogens is 394 g/mol. The molecule has 0 unspecified atom stereocenters. The zero-order chi connectivity index (χ0) is 11.6. The first-order chi connectivity index (χ1) is 7.56. The van der Waals surface area contributed by atoms with E-state index in [1.807, 2.05) is 0 Å². The van der Waals surface area contributed by atoms with Gasteiger partial charge in [0.1, 0.15) is 0 Å². The number of allylic oxidation sites excluding steroid dienone is 8. The molecule has 0 bridgehead atoms. The molecule has 0 fully saturated rings. The van der Waals surface area contributed by atoms with E-state index in [1.165, 1.54) is 16.7 Å². The van der Waals surface area contributed by atoms with Crippen LogP contribution >= 0.6 is 11.1 Å². The Morgan fingerprint density at radius 1 is 1.21 bits per heavy atom. The van der Waals surface area contributed by atoms with Crippen molar-refractivity contribution in [2.24, 2.45) is 0 Å². The largest absolute Gasteiger partial charge is 3.00 e. The molecule has 5 heteroatoms. The summed E-state index contributed by atoms with van der Waals surface area (Å²) in [4.78, 5) is 0. The Labute approximate surface area is 154 Å². The molecule has 0 heterocycles. The van der Waals surface area contributed by atoms with Crippen molar-refractivity contribution in [2.45, 2.75) is 38.4 Å². The van der Waals surface area contributed by atoms with E-state index in [0.29, 0.717) is 0 Å². The molecular formula is C14H18Cl3SiZr. The fraction of sp³-hybridized carbons (Fsp3) is 0.429. The normalized spacial score (nSPS) is 16.7. The predicted molar refractivity (Wildman–Crippen MR) is 74.1 cm³/mol. The topological polar surface area (TPSA) is 0 Å². The third kappa shape index (κ3) is 6.96. The number of halogens is 3. The van der Waals surface area contributed by atoms with Crippen molar-refractivity contribution in [3.63, 3.8) is 0 Å². The molecule has 0 N–H and O–H groups in total. The molecule has 0 saturated heterocycles. The number of hydrogen-bond acceptors (Lipinski definition) is 0. The summed E-state index contributed by atoms with van der Waals surface area (Å²) in [6.07, 6.45) is 15.5. The molecule has 0 aromatic rings. The van der Waals surface area contributed by atoms with Crippen LogP contribution in [0.1, 0.15) is 19.3 Å². The minimum Gasteiger partial charge on any atom is -1.00 e. The van der Waals surface area contributed by atoms with Gasteiger partial charge in [-0.2, -0.15) is 28.8 Å². The molecule has 2 aliphatic carbocycles. The van der Waals surface area contributed by atoms with Gasteiger partial charge >= 0.3 is 26.2 Å². The third-order valence-corrected chi connectivity index (χ3v) is 5.04. The average Bonchev–Trinajstić information content (AvgIpc) is 2.84. The molecule has 0 atom stereocenters. The Hall–Kier alpha value is 0.930. The standard InChI is InChI=1S/C14H18ClSi.2ClH.Zr/c1-16(2,15)11-10-13-8-5-9-14(13)12-6-3-4-7-12;;;/h3,5-6,8H,4,9-11H2,1-2H3;2*1H;/q-1;;;+3/p-2. The van der Waals surface area contributed by atoms with Gasteiger partial charge in [0.2, 0.25) is 0 Å². The molecule has 0 spiro atoms. The summed E-state index contributed by atoms with van der Waals surface area (Å²) < 4.78 is 0. The minimum absolute atomic E-state index is 0. The van der Waals surface area contributed by atoms with Gasteiger partial charge in [0, 0.05) is 0 Å². The molecule has 0 nitrogen and oxygen atoms in total. The molecule has 0 amide bonds. The van der Waals surface area contributed by atoms with Crippen molar-refractivity contribution >= 4 is 18.5 Å². The van der Waals surface area contributed by atoms with Crippen molar-refractivity contribution in [2.75, 3.05) is 0 Å². The Morgan fingerprint density at radius 3 is 2.42 bits per heavy atom. The maximum Gasteiger partial charge on any atom is 3.00 e. The zero-order valence-electron chi connectivity index (χ0n) is 11.3. The van der Waals surface area contributed by atoms with Crippen LogP contribution in [-0.4, -0.2) is 7.38 Å². The molecule has 103 valence electrons. The number of hydrogen-bond donors (Lipinski definition) is 0. The summed E-state index contributed by atoms with van der Waals surface area (Å²) in [5.74, 6) is 0. The van der Waals surface area contributed by atoms with Crippen molar-refractivity contribution < 1.29 is 51.0 Å². The van der Waals surface area contributed by atoms with Crippen LogP contribution in [0.4, 0.5) is 0 Å². The minimum atomic E-state index is -1.44. The average molecular weight is 412 g/mol. The van der Waals surface area contributed by atoms with E-state index in [9.17, 15) is 0 Å². The van der Waals surface area contributed by atoms with Gasteiger partial charge in [-0.15, -0.1) is 11.6 Å². The first-order valence-corrected chi connectivity index (χ1v) is 10.1. The van der Waals surface area contributed by atoms with Gasteiger partial charge in [0.25, 0.3) is 0 Å². The van der Waals surface area contributed by atoms with E-state index in [1.54, 1.807) is 0 Å². The van der Waals surface area contributed by atoms with Crippen molar-refractivity contribution in [3.05, 3.63) is 47.1 Å². The second-order valence-corrected chi connectivity index (χ2v) is 12.0. The zero-order valence-corrected chi connectivity index (χ0v) is 17.0. The molecule has 0 aliphatic heterocycles. The summed E-state index contributed by atoms with van der Waals surface area (Å²) in [7, 11) is -1.44. The van der Waals surface area contributed by atoms with Crippen LogP contribution in [0.25, 0.3) is 0 Å². The van der Waals surface area contributed by atoms with Crippen molar-refractivity contribution in [1.82, 2.24) is 0 Å². The van der Waals surface area contributed by atoms with E-state index in [4.69, 9.17) is 11.1 Å². The molecule has 2 aliphatic rings. The van der Waals surface area contributed by atoms with Gasteiger partial charge in [-0.3, -0.25) is 0 Å². The fourth-order valence-electron chi connectivity index (χ4n) is 2.11. The summed E-state index contributed by atoms with van der Waals surface area (Å²) in [6, 6.07) is 1.16. The molecule has 0 aromatic heterocycles. The Kier molecular flexibility index (Phi) is 11.4. The van der Waals surface area contributed by atoms with Crippen LogP contribution < -0.4 is 24.8 Å². The van der Waals surface area contributed by atoms with E-state index < -0.39 is 7.38 Å². The van der Waals surface area contributed by atoms with E-state index in [0.717, 1.165) is 25.3 Å². The first-order valence-electron chi connectivity index (χ1n) is 5.91. The van der Waals surface area contributed by atoms with Crippen molar-refractivity contribution in [1.29, 1.82) is 0 Å². The van der Waals surface area contributed by atoms with Gasteiger partial charge < -0.3 is 24.8 Å². The van der Waals surface area contributed by atoms with Gasteiger partial charge in [0.05, 0.1) is 0 Å². The molecule has 0 aromatic carbocycles. The smallest absolute Gasteiger partial charge is 1.00 e. The summed E-state index contributed by atoms with van der Waals surface area (Å²) in [5.41, 5.74) is 4.27. The van der Waals surface area contributed by atoms with Crippen LogP contribution in [0, 0.1) is 6.08 Å². The quantitative estimate of drug-likeness (QED) is 0.309. The molecule has 0 saturated carbocycles. The fourth-order valence-corrected chi connectivity index (χ4v) is 3.26. The Bertz CT molecular complexity index is 403. The van der Waals surface area contributed by atoms with Gasteiger partial charge in [-0.05, 0) is 12.5 Å². The van der Waals surface area contributed by atoms with Crippen LogP contribution in [0.15, 0.2) is 41.0 Å². The predicted octanol–water partition coefficient (Wildman–Crippen LogP) is -1.23. The van der Waals surface area contributed by atoms with Crippen LogP contribution in [0.5, 0.6) is 0 Å². The molecule has 1 radical (unpaired) electrons. The van der Waals surface area contributed by atoms with E-state index in [2.05, 4.69) is 43.5 Å². The van der Waals surface area contributed by atoms with Crippen LogP contribution in [-0.2, 0) is 26.2 Å². The van der Waals surface area contributed by atoms with E-state index >= 15 is 0 Å². The maximum atomic E-state index is 6.37. The third-order valence-electron chi connectivity index (χ3n) is 3.04.